The number of ether oxygens (including phenoxy) is 1. The summed E-state index contributed by atoms with van der Waals surface area (Å²) in [4.78, 5) is 16.5. The van der Waals surface area contributed by atoms with Crippen LogP contribution in [-0.4, -0.2) is 29.6 Å². The molecule has 1 amide bonds. The molecule has 1 aliphatic heterocycles. The molecule has 0 aromatic carbocycles. The Morgan fingerprint density at radius 2 is 2.41 bits per heavy atom. The number of hydrogen-bond donors (Lipinski definition) is 2. The molecule has 1 saturated heterocycles. The molecule has 2 rings (SSSR count). The molecule has 0 radical (unpaired) electrons. The van der Waals surface area contributed by atoms with Crippen LogP contribution in [0.25, 0.3) is 0 Å². The number of nitrogens with one attached hydrogen (secondary N) is 2. The van der Waals surface area contributed by atoms with Gasteiger partial charge in [-0.3, -0.25) is 4.79 Å². The van der Waals surface area contributed by atoms with Crippen LogP contribution in [0.1, 0.15) is 45.6 Å². The molecule has 22 heavy (non-hydrogen) atoms. The van der Waals surface area contributed by atoms with E-state index in [1.165, 1.54) is 0 Å². The van der Waals surface area contributed by atoms with Gasteiger partial charge in [-0.1, -0.05) is 6.92 Å². The van der Waals surface area contributed by atoms with Crippen molar-refractivity contribution in [2.45, 2.75) is 58.7 Å². The smallest absolute Gasteiger partial charge is 0.223 e. The fourth-order valence-corrected chi connectivity index (χ4v) is 2.62. The van der Waals surface area contributed by atoms with Gasteiger partial charge in [-0.2, -0.15) is 0 Å². The lowest BCUT2D eigenvalue weighted by Gasteiger charge is -2.27. The second-order valence-electron chi connectivity index (χ2n) is 6.13. The normalized spacial score (nSPS) is 22.9. The van der Waals surface area contributed by atoms with Gasteiger partial charge < -0.3 is 15.4 Å². The maximum atomic E-state index is 12.2. The molecule has 122 valence electrons. The van der Waals surface area contributed by atoms with Gasteiger partial charge >= 0.3 is 0 Å². The number of carbonyl (C=O) groups is 1. The van der Waals surface area contributed by atoms with Gasteiger partial charge in [0.2, 0.25) is 11.8 Å². The molecular formula is C17H27N3O2. The Balaban J connectivity index is 1.85. The fourth-order valence-electron chi connectivity index (χ4n) is 2.62. The maximum Gasteiger partial charge on any atom is 0.223 e. The zero-order valence-electron chi connectivity index (χ0n) is 13.8. The zero-order valence-corrected chi connectivity index (χ0v) is 13.8. The molecule has 0 spiro atoms. The molecule has 1 unspecified atom stereocenters. The van der Waals surface area contributed by atoms with Crippen molar-refractivity contribution in [3.8, 4) is 5.88 Å². The highest BCUT2D eigenvalue weighted by Crippen LogP contribution is 2.17. The summed E-state index contributed by atoms with van der Waals surface area (Å²) in [6.45, 7) is 7.67. The summed E-state index contributed by atoms with van der Waals surface area (Å²) >= 11 is 0. The molecule has 1 aromatic rings. The van der Waals surface area contributed by atoms with Crippen molar-refractivity contribution >= 4 is 5.91 Å². The van der Waals surface area contributed by atoms with Gasteiger partial charge in [0.1, 0.15) is 0 Å². The van der Waals surface area contributed by atoms with Crippen molar-refractivity contribution in [2.24, 2.45) is 5.92 Å². The molecule has 0 saturated carbocycles. The number of carbonyl (C=O) groups excluding carboxylic acids is 1. The van der Waals surface area contributed by atoms with Gasteiger partial charge in [-0.05, 0) is 51.3 Å². The number of aromatic nitrogens is 1. The second kappa shape index (κ2) is 8.13. The van der Waals surface area contributed by atoms with Crippen molar-refractivity contribution in [3.05, 3.63) is 23.9 Å². The Morgan fingerprint density at radius 1 is 1.59 bits per heavy atom. The summed E-state index contributed by atoms with van der Waals surface area (Å²) in [5.41, 5.74) is 1.02. The van der Waals surface area contributed by atoms with Crippen LogP contribution in [0.4, 0.5) is 0 Å². The highest BCUT2D eigenvalue weighted by Gasteiger charge is 2.24. The van der Waals surface area contributed by atoms with Crippen LogP contribution >= 0.6 is 0 Å². The lowest BCUT2D eigenvalue weighted by molar-refractivity contribution is -0.126. The first-order valence-electron chi connectivity index (χ1n) is 8.21. The molecule has 0 bridgehead atoms. The van der Waals surface area contributed by atoms with E-state index in [1.54, 1.807) is 6.20 Å². The minimum Gasteiger partial charge on any atom is -0.475 e. The number of rotatable bonds is 6. The SMILES string of the molecule is CCC(C)Oc1cc(CNC(=O)[C@H]2CCN[C@@H](C)C2)ccn1. The molecule has 3 atom stereocenters. The van der Waals surface area contributed by atoms with Gasteiger partial charge in [0.15, 0.2) is 0 Å². The first-order valence-corrected chi connectivity index (χ1v) is 8.21. The topological polar surface area (TPSA) is 63.2 Å². The van der Waals surface area contributed by atoms with E-state index in [0.29, 0.717) is 18.5 Å². The van der Waals surface area contributed by atoms with Gasteiger partial charge in [0.05, 0.1) is 6.10 Å². The van der Waals surface area contributed by atoms with E-state index in [0.717, 1.165) is 31.4 Å². The third-order valence-corrected chi connectivity index (χ3v) is 4.16. The molecule has 5 heteroatoms. The van der Waals surface area contributed by atoms with E-state index < -0.39 is 0 Å². The standard InChI is InChI=1S/C17H27N3O2/c1-4-13(3)22-16-10-14(5-7-19-16)11-20-17(21)15-6-8-18-12(2)9-15/h5,7,10,12-13,15,18H,4,6,8-9,11H2,1-3H3,(H,20,21)/t12-,13?,15-/m0/s1. The third-order valence-electron chi connectivity index (χ3n) is 4.16. The average molecular weight is 305 g/mol. The lowest BCUT2D eigenvalue weighted by Crippen LogP contribution is -2.42. The summed E-state index contributed by atoms with van der Waals surface area (Å²) in [6, 6.07) is 4.23. The van der Waals surface area contributed by atoms with Crippen molar-refractivity contribution in [1.82, 2.24) is 15.6 Å². The lowest BCUT2D eigenvalue weighted by atomic mass is 9.92. The van der Waals surface area contributed by atoms with Crippen molar-refractivity contribution < 1.29 is 9.53 Å². The van der Waals surface area contributed by atoms with E-state index in [9.17, 15) is 4.79 Å². The summed E-state index contributed by atoms with van der Waals surface area (Å²) in [5.74, 6) is 0.889. The van der Waals surface area contributed by atoms with Crippen LogP contribution in [0.2, 0.25) is 0 Å². The first-order chi connectivity index (χ1) is 10.6. The molecule has 1 fully saturated rings. The fraction of sp³-hybridized carbons (Fsp3) is 0.647. The van der Waals surface area contributed by atoms with Crippen LogP contribution < -0.4 is 15.4 Å². The zero-order chi connectivity index (χ0) is 15.9. The third kappa shape index (κ3) is 4.98. The van der Waals surface area contributed by atoms with Crippen LogP contribution in [0.15, 0.2) is 18.3 Å². The first kappa shape index (κ1) is 16.7. The minimum atomic E-state index is 0.119. The largest absolute Gasteiger partial charge is 0.475 e. The summed E-state index contributed by atoms with van der Waals surface area (Å²) in [6.07, 6.45) is 4.63. The average Bonchev–Trinajstić information content (AvgIpc) is 2.53. The monoisotopic (exact) mass is 305 g/mol. The van der Waals surface area contributed by atoms with Crippen molar-refractivity contribution in [3.63, 3.8) is 0 Å². The van der Waals surface area contributed by atoms with Gasteiger partial charge in [-0.25, -0.2) is 4.98 Å². The Kier molecular flexibility index (Phi) is 6.19. The van der Waals surface area contributed by atoms with Crippen LogP contribution in [-0.2, 0) is 11.3 Å². The number of hydrogen-bond acceptors (Lipinski definition) is 4. The number of amides is 1. The Bertz CT molecular complexity index is 493. The summed E-state index contributed by atoms with van der Waals surface area (Å²) in [7, 11) is 0. The van der Waals surface area contributed by atoms with E-state index in [2.05, 4.69) is 29.5 Å². The van der Waals surface area contributed by atoms with Crippen LogP contribution in [0, 0.1) is 5.92 Å². The van der Waals surface area contributed by atoms with Gasteiger partial charge in [0, 0.05) is 30.8 Å². The number of pyridine rings is 1. The quantitative estimate of drug-likeness (QED) is 0.846. The number of piperidine rings is 1. The molecule has 0 aliphatic carbocycles. The van der Waals surface area contributed by atoms with Gasteiger partial charge in [-0.15, -0.1) is 0 Å². The van der Waals surface area contributed by atoms with E-state index in [1.807, 2.05) is 19.1 Å². The summed E-state index contributed by atoms with van der Waals surface area (Å²) in [5, 5.41) is 6.40. The predicted octanol–water partition coefficient (Wildman–Crippen LogP) is 2.26. The molecule has 5 nitrogen and oxygen atoms in total. The number of nitrogens with zero attached hydrogens (tertiary/aromatic N) is 1. The molecule has 2 N–H and O–H groups in total. The van der Waals surface area contributed by atoms with E-state index in [-0.39, 0.29) is 17.9 Å². The Hall–Kier alpha value is -1.62. The Morgan fingerprint density at radius 3 is 3.14 bits per heavy atom. The molecule has 2 heterocycles. The van der Waals surface area contributed by atoms with E-state index in [4.69, 9.17) is 4.74 Å². The highest BCUT2D eigenvalue weighted by atomic mass is 16.5. The van der Waals surface area contributed by atoms with Crippen molar-refractivity contribution in [2.75, 3.05) is 6.54 Å². The molecular weight excluding hydrogens is 278 g/mol. The predicted molar refractivity (Wildman–Crippen MR) is 86.7 cm³/mol. The van der Waals surface area contributed by atoms with Crippen LogP contribution in [0.5, 0.6) is 5.88 Å². The van der Waals surface area contributed by atoms with Crippen LogP contribution in [0.3, 0.4) is 0 Å². The highest BCUT2D eigenvalue weighted by molar-refractivity contribution is 5.78. The second-order valence-corrected chi connectivity index (χ2v) is 6.13. The van der Waals surface area contributed by atoms with Crippen molar-refractivity contribution in [1.29, 1.82) is 0 Å². The Labute approximate surface area is 132 Å². The minimum absolute atomic E-state index is 0.119. The maximum absolute atomic E-state index is 12.2. The summed E-state index contributed by atoms with van der Waals surface area (Å²) < 4.78 is 5.71. The van der Waals surface area contributed by atoms with Gasteiger partial charge in [0.25, 0.3) is 0 Å². The van der Waals surface area contributed by atoms with E-state index >= 15 is 0 Å². The molecule has 1 aliphatic rings. The molecule has 1 aromatic heterocycles.